The van der Waals surface area contributed by atoms with Crippen LogP contribution in [0.15, 0.2) is 35.0 Å². The predicted octanol–water partition coefficient (Wildman–Crippen LogP) is 3.59. The van der Waals surface area contributed by atoms with Crippen LogP contribution in [0.3, 0.4) is 0 Å². The normalized spacial score (nSPS) is 16.6. The van der Waals surface area contributed by atoms with Crippen molar-refractivity contribution in [3.8, 4) is 0 Å². The highest BCUT2D eigenvalue weighted by molar-refractivity contribution is 6.37. The first kappa shape index (κ1) is 14.1. The van der Waals surface area contributed by atoms with Crippen molar-refractivity contribution < 1.29 is 13.2 Å². The lowest BCUT2D eigenvalue weighted by Gasteiger charge is -2.20. The van der Waals surface area contributed by atoms with Crippen LogP contribution in [0.4, 0.5) is 13.2 Å². The Labute approximate surface area is 113 Å². The number of allylic oxidation sites excluding steroid dienone is 4. The molecule has 0 atom stereocenters. The molecule has 0 amide bonds. The van der Waals surface area contributed by atoms with Crippen LogP contribution in [0.25, 0.3) is 5.57 Å². The number of nitrogens with two attached hydrogens (primary N) is 1. The third-order valence-corrected chi connectivity index (χ3v) is 3.10. The average molecular weight is 288 g/mol. The molecule has 1 aromatic heterocycles. The summed E-state index contributed by atoms with van der Waals surface area (Å²) >= 11 is 5.92. The highest BCUT2D eigenvalue weighted by atomic mass is 35.5. The van der Waals surface area contributed by atoms with E-state index in [0.717, 1.165) is 6.42 Å². The number of alkyl halides is 3. The second-order valence-corrected chi connectivity index (χ2v) is 4.43. The van der Waals surface area contributed by atoms with Crippen LogP contribution in [0.2, 0.25) is 0 Å². The Kier molecular flexibility index (Phi) is 3.96. The van der Waals surface area contributed by atoms with Gasteiger partial charge in [0.1, 0.15) is 0 Å². The van der Waals surface area contributed by atoms with Gasteiger partial charge in [0.2, 0.25) is 0 Å². The minimum absolute atomic E-state index is 0.0310. The van der Waals surface area contributed by atoms with Crippen molar-refractivity contribution in [2.75, 3.05) is 0 Å². The van der Waals surface area contributed by atoms with Gasteiger partial charge >= 0.3 is 6.18 Å². The van der Waals surface area contributed by atoms with Crippen molar-refractivity contribution in [2.24, 2.45) is 5.73 Å². The van der Waals surface area contributed by atoms with Crippen molar-refractivity contribution in [1.29, 1.82) is 0 Å². The summed E-state index contributed by atoms with van der Waals surface area (Å²) in [6.45, 7) is 0.237. The van der Waals surface area contributed by atoms with Gasteiger partial charge in [0.05, 0.1) is 5.69 Å². The summed E-state index contributed by atoms with van der Waals surface area (Å²) in [5, 5.41) is 0.0946. The molecule has 0 aliphatic heterocycles. The molecule has 1 aliphatic rings. The lowest BCUT2D eigenvalue weighted by Crippen LogP contribution is -2.17. The molecular weight excluding hydrogens is 277 g/mol. The number of hydrogen-bond donors (Lipinski definition) is 1. The van der Waals surface area contributed by atoms with Gasteiger partial charge in [-0.15, -0.1) is 0 Å². The topological polar surface area (TPSA) is 38.9 Å². The number of aromatic nitrogens is 1. The maximum atomic E-state index is 13.0. The summed E-state index contributed by atoms with van der Waals surface area (Å²) in [5.74, 6) is 0. The quantitative estimate of drug-likeness (QED) is 0.903. The third kappa shape index (κ3) is 2.98. The monoisotopic (exact) mass is 287 g/mol. The Bertz CT molecular complexity index is 530. The molecule has 2 nitrogen and oxygen atoms in total. The van der Waals surface area contributed by atoms with Gasteiger partial charge in [-0.25, -0.2) is 0 Å². The maximum Gasteiger partial charge on any atom is 0.413 e. The van der Waals surface area contributed by atoms with E-state index in [1.54, 1.807) is 18.2 Å². The van der Waals surface area contributed by atoms with Gasteiger partial charge in [-0.1, -0.05) is 23.7 Å². The van der Waals surface area contributed by atoms with Crippen molar-refractivity contribution in [2.45, 2.75) is 19.1 Å². The first-order valence-corrected chi connectivity index (χ1v) is 5.97. The summed E-state index contributed by atoms with van der Waals surface area (Å²) < 4.78 is 38.9. The summed E-state index contributed by atoms with van der Waals surface area (Å²) in [7, 11) is 0. The number of hydrogen-bond acceptors (Lipinski definition) is 2. The van der Waals surface area contributed by atoms with E-state index in [0.29, 0.717) is 11.3 Å². The number of nitrogens with zero attached hydrogens (tertiary/aromatic N) is 1. The fourth-order valence-electron chi connectivity index (χ4n) is 1.86. The zero-order chi connectivity index (χ0) is 14.0. The first-order chi connectivity index (χ1) is 8.93. The zero-order valence-electron chi connectivity index (χ0n) is 9.84. The molecule has 0 fully saturated rings. The van der Waals surface area contributed by atoms with E-state index in [2.05, 4.69) is 4.98 Å². The van der Waals surface area contributed by atoms with Crippen LogP contribution < -0.4 is 5.73 Å². The van der Waals surface area contributed by atoms with E-state index >= 15 is 0 Å². The summed E-state index contributed by atoms with van der Waals surface area (Å²) in [6.07, 6.45) is -0.235. The molecule has 6 heteroatoms. The first-order valence-electron chi connectivity index (χ1n) is 5.59. The minimum atomic E-state index is -4.43. The largest absolute Gasteiger partial charge is 0.413 e. The van der Waals surface area contributed by atoms with E-state index in [4.69, 9.17) is 17.3 Å². The van der Waals surface area contributed by atoms with Crippen molar-refractivity contribution in [1.82, 2.24) is 4.98 Å². The standard InChI is InChI=1S/C13H11ClF3N2/c14-11-3-1-2-10(13(15,16)17)12(11)8-4-5-9(6-18)19-7-8/h2-5,7H,1,6,18H2. The van der Waals surface area contributed by atoms with Gasteiger partial charge < -0.3 is 5.73 Å². The lowest BCUT2D eigenvalue weighted by molar-refractivity contribution is -0.0894. The lowest BCUT2D eigenvalue weighted by atomic mass is 9.92. The van der Waals surface area contributed by atoms with Crippen LogP contribution in [-0.4, -0.2) is 11.2 Å². The molecule has 0 spiro atoms. The molecule has 2 rings (SSSR count). The Balaban J connectivity index is 2.53. The fourth-order valence-corrected chi connectivity index (χ4v) is 2.16. The van der Waals surface area contributed by atoms with Crippen LogP contribution in [0.1, 0.15) is 17.7 Å². The number of pyridine rings is 1. The van der Waals surface area contributed by atoms with E-state index in [1.807, 2.05) is 0 Å². The van der Waals surface area contributed by atoms with E-state index in [1.165, 1.54) is 6.20 Å². The zero-order valence-corrected chi connectivity index (χ0v) is 10.6. The van der Waals surface area contributed by atoms with Gasteiger partial charge in [0, 0.05) is 40.9 Å². The fraction of sp³-hybridized carbons (Fsp3) is 0.231. The highest BCUT2D eigenvalue weighted by Gasteiger charge is 2.38. The van der Waals surface area contributed by atoms with Crippen LogP contribution in [0.5, 0.6) is 0 Å². The summed E-state index contributed by atoms with van der Waals surface area (Å²) in [6, 6.07) is 3.14. The molecular formula is C13H11ClF3N2. The Morgan fingerprint density at radius 3 is 2.58 bits per heavy atom. The second kappa shape index (κ2) is 5.35. The molecule has 1 aromatic rings. The third-order valence-electron chi connectivity index (χ3n) is 2.76. The number of rotatable bonds is 2. The van der Waals surface area contributed by atoms with Crippen molar-refractivity contribution in [3.63, 3.8) is 0 Å². The van der Waals surface area contributed by atoms with Crippen molar-refractivity contribution >= 4 is 17.2 Å². The molecule has 0 saturated heterocycles. The Morgan fingerprint density at radius 2 is 2.05 bits per heavy atom. The molecule has 2 N–H and O–H groups in total. The second-order valence-electron chi connectivity index (χ2n) is 4.02. The van der Waals surface area contributed by atoms with Crippen LogP contribution in [0, 0.1) is 6.42 Å². The molecule has 0 bridgehead atoms. The minimum Gasteiger partial charge on any atom is -0.325 e. The van der Waals surface area contributed by atoms with Gasteiger partial charge in [-0.3, -0.25) is 4.98 Å². The Hall–Kier alpha value is -1.33. The van der Waals surface area contributed by atoms with Gasteiger partial charge in [-0.05, 0) is 12.5 Å². The molecule has 0 saturated carbocycles. The molecule has 0 aromatic carbocycles. The molecule has 0 unspecified atom stereocenters. The summed E-state index contributed by atoms with van der Waals surface area (Å²) in [5.41, 5.74) is 5.60. The highest BCUT2D eigenvalue weighted by Crippen LogP contribution is 2.42. The van der Waals surface area contributed by atoms with E-state index in [9.17, 15) is 13.2 Å². The van der Waals surface area contributed by atoms with Gasteiger partial charge in [0.15, 0.2) is 0 Å². The van der Waals surface area contributed by atoms with Gasteiger partial charge in [0.25, 0.3) is 0 Å². The van der Waals surface area contributed by atoms with Gasteiger partial charge in [-0.2, -0.15) is 13.2 Å². The number of halogens is 4. The van der Waals surface area contributed by atoms with Crippen molar-refractivity contribution in [3.05, 3.63) is 52.7 Å². The maximum absolute atomic E-state index is 13.0. The summed E-state index contributed by atoms with van der Waals surface area (Å²) in [4.78, 5) is 4.00. The SMILES string of the molecule is NCc1ccc(C2=C(C(F)(F)F)[CH]CC=C2Cl)cn1. The molecule has 1 heterocycles. The molecule has 101 valence electrons. The Morgan fingerprint density at radius 1 is 1.32 bits per heavy atom. The smallest absolute Gasteiger partial charge is 0.325 e. The predicted molar refractivity (Wildman–Crippen MR) is 68.0 cm³/mol. The van der Waals surface area contributed by atoms with Crippen LogP contribution >= 0.6 is 11.6 Å². The molecule has 1 aliphatic carbocycles. The van der Waals surface area contributed by atoms with Crippen LogP contribution in [-0.2, 0) is 6.54 Å². The van der Waals surface area contributed by atoms with E-state index < -0.39 is 11.7 Å². The molecule has 19 heavy (non-hydrogen) atoms. The molecule has 1 radical (unpaired) electrons. The average Bonchev–Trinajstić information content (AvgIpc) is 2.37. The van der Waals surface area contributed by atoms with E-state index in [-0.39, 0.29) is 23.6 Å².